The molecule has 0 radical (unpaired) electrons. The second kappa shape index (κ2) is 12.5. The number of hydrogen-bond donors (Lipinski definition) is 2. The fourth-order valence-corrected chi connectivity index (χ4v) is 3.56. The molecule has 0 aromatic heterocycles. The van der Waals surface area contributed by atoms with Gasteiger partial charge in [-0.25, -0.2) is 4.79 Å². The minimum absolute atomic E-state index is 0.131. The second-order valence-corrected chi connectivity index (χ2v) is 9.52. The SMILES string of the molecule is C#Cc1ccccc1C(C(=O)NC(C)C)N(C#C)C(=O)C(Cc1ccccc1)NC(=O)OC(C)(C)C. The monoisotopic (exact) mass is 487 g/mol. The Morgan fingerprint density at radius 2 is 1.58 bits per heavy atom. The molecule has 2 N–H and O–H groups in total. The van der Waals surface area contributed by atoms with Gasteiger partial charge in [-0.05, 0) is 46.2 Å². The number of hydrogen-bond acceptors (Lipinski definition) is 4. The van der Waals surface area contributed by atoms with Crippen molar-refractivity contribution >= 4 is 17.9 Å². The average molecular weight is 488 g/mol. The van der Waals surface area contributed by atoms with Gasteiger partial charge < -0.3 is 15.4 Å². The lowest BCUT2D eigenvalue weighted by Crippen LogP contribution is -2.52. The van der Waals surface area contributed by atoms with Crippen LogP contribution in [0.4, 0.5) is 4.79 Å². The third-order valence-corrected chi connectivity index (χ3v) is 5.00. The molecule has 2 aromatic carbocycles. The second-order valence-electron chi connectivity index (χ2n) is 9.52. The number of nitrogens with zero attached hydrogens (tertiary/aromatic N) is 1. The Kier molecular flexibility index (Phi) is 9.70. The third-order valence-electron chi connectivity index (χ3n) is 5.00. The number of alkyl carbamates (subject to hydrolysis) is 1. The maximum Gasteiger partial charge on any atom is 0.408 e. The van der Waals surface area contributed by atoms with Gasteiger partial charge in [0.2, 0.25) is 5.91 Å². The van der Waals surface area contributed by atoms with Crippen LogP contribution in [0.1, 0.15) is 57.4 Å². The van der Waals surface area contributed by atoms with Crippen LogP contribution in [0.15, 0.2) is 54.6 Å². The van der Waals surface area contributed by atoms with Gasteiger partial charge >= 0.3 is 6.09 Å². The molecule has 0 spiro atoms. The maximum atomic E-state index is 13.9. The van der Waals surface area contributed by atoms with E-state index in [4.69, 9.17) is 17.6 Å². The molecule has 0 saturated heterocycles. The van der Waals surface area contributed by atoms with Crippen LogP contribution in [0, 0.1) is 24.8 Å². The minimum atomic E-state index is -1.21. The summed E-state index contributed by atoms with van der Waals surface area (Å²) in [6.07, 6.45) is 10.9. The maximum absolute atomic E-state index is 13.9. The zero-order valence-corrected chi connectivity index (χ0v) is 21.4. The summed E-state index contributed by atoms with van der Waals surface area (Å²) in [6.45, 7) is 8.75. The molecule has 0 fully saturated rings. The van der Waals surface area contributed by atoms with E-state index in [-0.39, 0.29) is 12.5 Å². The number of amides is 3. The Bertz CT molecular complexity index is 1150. The lowest BCUT2D eigenvalue weighted by molar-refractivity contribution is -0.138. The molecule has 2 rings (SSSR count). The van der Waals surface area contributed by atoms with Crippen LogP contribution < -0.4 is 10.6 Å². The molecular weight excluding hydrogens is 454 g/mol. The Morgan fingerprint density at radius 1 is 0.972 bits per heavy atom. The first-order valence-corrected chi connectivity index (χ1v) is 11.7. The predicted molar refractivity (Wildman–Crippen MR) is 139 cm³/mol. The Balaban J connectivity index is 2.53. The Morgan fingerprint density at radius 3 is 2.14 bits per heavy atom. The number of benzene rings is 2. The van der Waals surface area contributed by atoms with Crippen LogP contribution in [-0.2, 0) is 20.7 Å². The third kappa shape index (κ3) is 7.92. The van der Waals surface area contributed by atoms with Crippen LogP contribution in [-0.4, -0.2) is 40.5 Å². The summed E-state index contributed by atoms with van der Waals surface area (Å²) in [5.41, 5.74) is 0.840. The summed E-state index contributed by atoms with van der Waals surface area (Å²) in [6, 6.07) is 15.8. The van der Waals surface area contributed by atoms with Gasteiger partial charge in [0.1, 0.15) is 17.7 Å². The number of carbonyl (C=O) groups is 3. The van der Waals surface area contributed by atoms with Gasteiger partial charge in [-0.1, -0.05) is 60.9 Å². The van der Waals surface area contributed by atoms with Crippen LogP contribution in [0.25, 0.3) is 0 Å². The molecule has 2 atom stereocenters. The molecule has 0 aliphatic carbocycles. The van der Waals surface area contributed by atoms with E-state index in [1.807, 2.05) is 30.3 Å². The van der Waals surface area contributed by atoms with Crippen LogP contribution in [0.5, 0.6) is 0 Å². The van der Waals surface area contributed by atoms with Crippen molar-refractivity contribution in [2.24, 2.45) is 0 Å². The van der Waals surface area contributed by atoms with Gasteiger partial charge in [-0.2, -0.15) is 0 Å². The van der Waals surface area contributed by atoms with E-state index in [9.17, 15) is 14.4 Å². The van der Waals surface area contributed by atoms with E-state index in [0.29, 0.717) is 11.1 Å². The number of ether oxygens (including phenoxy) is 1. The van der Waals surface area contributed by atoms with E-state index in [1.165, 1.54) is 0 Å². The van der Waals surface area contributed by atoms with Gasteiger partial charge in [-0.15, -0.1) is 6.42 Å². The fourth-order valence-electron chi connectivity index (χ4n) is 3.56. The van der Waals surface area contributed by atoms with Crippen molar-refractivity contribution in [3.05, 3.63) is 71.3 Å². The zero-order valence-electron chi connectivity index (χ0n) is 21.4. The first kappa shape index (κ1) is 28.0. The normalized spacial score (nSPS) is 12.4. The highest BCUT2D eigenvalue weighted by molar-refractivity contribution is 5.94. The lowest BCUT2D eigenvalue weighted by atomic mass is 9.97. The zero-order chi connectivity index (χ0) is 26.9. The highest BCUT2D eigenvalue weighted by Crippen LogP contribution is 2.26. The van der Waals surface area contributed by atoms with Crippen molar-refractivity contribution < 1.29 is 19.1 Å². The molecule has 2 unspecified atom stereocenters. The summed E-state index contributed by atoms with van der Waals surface area (Å²) < 4.78 is 5.37. The highest BCUT2D eigenvalue weighted by atomic mass is 16.6. The molecular formula is C29H33N3O4. The predicted octanol–water partition coefficient (Wildman–Crippen LogP) is 3.79. The molecule has 3 amide bonds. The van der Waals surface area contributed by atoms with Crippen molar-refractivity contribution in [2.75, 3.05) is 0 Å². The smallest absolute Gasteiger partial charge is 0.408 e. The van der Waals surface area contributed by atoms with Gasteiger partial charge in [0.05, 0.1) is 0 Å². The molecule has 0 saturated carbocycles. The van der Waals surface area contributed by atoms with Gasteiger partial charge in [0.15, 0.2) is 0 Å². The van der Waals surface area contributed by atoms with Crippen molar-refractivity contribution in [1.29, 1.82) is 0 Å². The molecule has 0 bridgehead atoms. The molecule has 7 nitrogen and oxygen atoms in total. The molecule has 7 heteroatoms. The van der Waals surface area contributed by atoms with Crippen molar-refractivity contribution in [3.63, 3.8) is 0 Å². The van der Waals surface area contributed by atoms with E-state index in [2.05, 4.69) is 22.6 Å². The molecule has 0 aliphatic heterocycles. The molecule has 188 valence electrons. The van der Waals surface area contributed by atoms with E-state index in [1.54, 1.807) is 58.9 Å². The van der Waals surface area contributed by atoms with Crippen LogP contribution >= 0.6 is 0 Å². The number of terminal acetylenes is 2. The van der Waals surface area contributed by atoms with Crippen molar-refractivity contribution in [2.45, 2.75) is 64.8 Å². The highest BCUT2D eigenvalue weighted by Gasteiger charge is 2.37. The summed E-state index contributed by atoms with van der Waals surface area (Å²) in [4.78, 5) is 40.8. The standard InChI is InChI=1S/C29H33N3O4/c1-8-22-17-13-14-18-23(22)25(26(33)30-20(3)4)32(9-2)27(34)24(19-21-15-11-10-12-16-21)31-28(35)36-29(5,6)7/h1-2,10-18,20,24-25H,19H2,3-7H3,(H,30,33)(H,31,35). The Hall–Kier alpha value is -4.23. The molecule has 0 heterocycles. The first-order valence-electron chi connectivity index (χ1n) is 11.7. The summed E-state index contributed by atoms with van der Waals surface area (Å²) in [5, 5.41) is 5.45. The minimum Gasteiger partial charge on any atom is -0.444 e. The van der Waals surface area contributed by atoms with Gasteiger partial charge in [0, 0.05) is 29.6 Å². The van der Waals surface area contributed by atoms with Crippen molar-refractivity contribution in [1.82, 2.24) is 15.5 Å². The summed E-state index contributed by atoms with van der Waals surface area (Å²) in [7, 11) is 0. The Labute approximate surface area is 213 Å². The van der Waals surface area contributed by atoms with E-state index >= 15 is 0 Å². The number of carbonyl (C=O) groups excluding carboxylic acids is 3. The molecule has 2 aromatic rings. The van der Waals surface area contributed by atoms with Gasteiger partial charge in [-0.3, -0.25) is 14.5 Å². The summed E-state index contributed by atoms with van der Waals surface area (Å²) in [5.74, 6) is 1.41. The van der Waals surface area contributed by atoms with Gasteiger partial charge in [0.25, 0.3) is 5.91 Å². The number of rotatable bonds is 8. The topological polar surface area (TPSA) is 87.7 Å². The lowest BCUT2D eigenvalue weighted by Gasteiger charge is -2.31. The van der Waals surface area contributed by atoms with E-state index in [0.717, 1.165) is 10.5 Å². The van der Waals surface area contributed by atoms with Crippen molar-refractivity contribution in [3.8, 4) is 24.8 Å². The average Bonchev–Trinajstić information content (AvgIpc) is 2.80. The summed E-state index contributed by atoms with van der Waals surface area (Å²) >= 11 is 0. The fraction of sp³-hybridized carbons (Fsp3) is 0.345. The van der Waals surface area contributed by atoms with Crippen LogP contribution in [0.3, 0.4) is 0 Å². The number of nitrogens with one attached hydrogen (secondary N) is 2. The largest absolute Gasteiger partial charge is 0.444 e. The molecule has 0 aliphatic rings. The van der Waals surface area contributed by atoms with E-state index < -0.39 is 35.6 Å². The molecule has 36 heavy (non-hydrogen) atoms. The quantitative estimate of drug-likeness (QED) is 0.438. The van der Waals surface area contributed by atoms with Crippen LogP contribution in [0.2, 0.25) is 0 Å². The first-order chi connectivity index (χ1) is 17.0.